The number of carbonyl (C=O) groups is 1. The van der Waals surface area contributed by atoms with Gasteiger partial charge in [-0.15, -0.1) is 0 Å². The van der Waals surface area contributed by atoms with E-state index >= 15 is 0 Å². The van der Waals surface area contributed by atoms with Gasteiger partial charge in [-0.25, -0.2) is 4.79 Å². The molecular weight excluding hydrogens is 260 g/mol. The lowest BCUT2D eigenvalue weighted by Gasteiger charge is -2.07. The zero-order chi connectivity index (χ0) is 13.5. The number of rotatable bonds is 4. The Morgan fingerprint density at radius 3 is 2.37 bits per heavy atom. The summed E-state index contributed by atoms with van der Waals surface area (Å²) in [4.78, 5) is 11.6. The molecule has 0 atom stereocenters. The van der Waals surface area contributed by atoms with Crippen LogP contribution in [0.25, 0.3) is 0 Å². The van der Waals surface area contributed by atoms with E-state index in [4.69, 9.17) is 11.6 Å². The highest BCUT2D eigenvalue weighted by molar-refractivity contribution is 6.30. The predicted molar refractivity (Wildman–Crippen MR) is 78.6 cm³/mol. The second kappa shape index (κ2) is 6.81. The number of hydrogen-bond acceptors (Lipinski definition) is 1. The van der Waals surface area contributed by atoms with Gasteiger partial charge in [-0.1, -0.05) is 41.9 Å². The normalized spacial score (nSPS) is 9.95. The second-order valence-corrected chi connectivity index (χ2v) is 4.56. The first-order valence-corrected chi connectivity index (χ1v) is 6.46. The molecule has 0 aliphatic carbocycles. The van der Waals surface area contributed by atoms with Crippen molar-refractivity contribution in [1.29, 1.82) is 0 Å². The molecule has 0 fully saturated rings. The highest BCUT2D eigenvalue weighted by atomic mass is 35.5. The molecule has 0 saturated heterocycles. The lowest BCUT2D eigenvalue weighted by Crippen LogP contribution is -2.30. The molecule has 3 nitrogen and oxygen atoms in total. The first-order valence-electron chi connectivity index (χ1n) is 6.08. The van der Waals surface area contributed by atoms with Gasteiger partial charge < -0.3 is 10.6 Å². The number of halogens is 1. The van der Waals surface area contributed by atoms with Crippen molar-refractivity contribution in [2.24, 2.45) is 0 Å². The van der Waals surface area contributed by atoms with Gasteiger partial charge in [0.15, 0.2) is 0 Å². The summed E-state index contributed by atoms with van der Waals surface area (Å²) in [5.74, 6) is 0. The Hall–Kier alpha value is -2.00. The third-order valence-electron chi connectivity index (χ3n) is 2.64. The first kappa shape index (κ1) is 13.4. The van der Waals surface area contributed by atoms with Crippen LogP contribution in [0.2, 0.25) is 5.02 Å². The van der Waals surface area contributed by atoms with E-state index in [-0.39, 0.29) is 6.03 Å². The lowest BCUT2D eigenvalue weighted by molar-refractivity contribution is 0.252. The molecule has 0 aromatic heterocycles. The largest absolute Gasteiger partial charge is 0.338 e. The maximum Gasteiger partial charge on any atom is 0.319 e. The molecule has 0 bridgehead atoms. The molecular formula is C15H15ClN2O. The van der Waals surface area contributed by atoms with E-state index < -0.39 is 0 Å². The van der Waals surface area contributed by atoms with E-state index in [1.165, 1.54) is 0 Å². The van der Waals surface area contributed by atoms with Crippen molar-refractivity contribution < 1.29 is 4.79 Å². The van der Waals surface area contributed by atoms with Crippen LogP contribution in [0.15, 0.2) is 54.6 Å². The number of nitrogens with one attached hydrogen (secondary N) is 2. The molecule has 2 aromatic carbocycles. The maximum atomic E-state index is 11.6. The van der Waals surface area contributed by atoms with Crippen molar-refractivity contribution in [3.63, 3.8) is 0 Å². The van der Waals surface area contributed by atoms with Gasteiger partial charge in [0.25, 0.3) is 0 Å². The molecule has 0 aliphatic rings. The first-order chi connectivity index (χ1) is 9.24. The Labute approximate surface area is 117 Å². The fraction of sp³-hybridized carbons (Fsp3) is 0.133. The van der Waals surface area contributed by atoms with Crippen LogP contribution in [-0.2, 0) is 6.42 Å². The molecule has 0 spiro atoms. The van der Waals surface area contributed by atoms with Crippen LogP contribution in [0, 0.1) is 0 Å². The molecule has 0 heterocycles. The van der Waals surface area contributed by atoms with E-state index in [0.29, 0.717) is 6.54 Å². The van der Waals surface area contributed by atoms with E-state index in [0.717, 1.165) is 22.7 Å². The van der Waals surface area contributed by atoms with E-state index in [2.05, 4.69) is 10.6 Å². The van der Waals surface area contributed by atoms with Gasteiger partial charge in [0.05, 0.1) is 0 Å². The van der Waals surface area contributed by atoms with Gasteiger partial charge in [0.2, 0.25) is 0 Å². The summed E-state index contributed by atoms with van der Waals surface area (Å²) in [5, 5.41) is 6.30. The molecule has 0 aliphatic heterocycles. The molecule has 98 valence electrons. The SMILES string of the molecule is O=C(NCCc1ccc(Cl)cc1)Nc1ccccc1. The third kappa shape index (κ3) is 4.64. The number of carbonyl (C=O) groups excluding carboxylic acids is 1. The summed E-state index contributed by atoms with van der Waals surface area (Å²) >= 11 is 5.81. The zero-order valence-electron chi connectivity index (χ0n) is 10.4. The minimum absolute atomic E-state index is 0.194. The van der Waals surface area contributed by atoms with Crippen LogP contribution >= 0.6 is 11.6 Å². The van der Waals surface area contributed by atoms with Gasteiger partial charge in [-0.3, -0.25) is 0 Å². The Bertz CT molecular complexity index is 526. The number of para-hydroxylation sites is 1. The van der Waals surface area contributed by atoms with Gasteiger partial charge in [-0.2, -0.15) is 0 Å². The summed E-state index contributed by atoms with van der Waals surface area (Å²) in [6.07, 6.45) is 0.777. The zero-order valence-corrected chi connectivity index (χ0v) is 11.2. The standard InChI is InChI=1S/C15H15ClN2O/c16-13-8-6-12(7-9-13)10-11-17-15(19)18-14-4-2-1-3-5-14/h1-9H,10-11H2,(H2,17,18,19). The van der Waals surface area contributed by atoms with Crippen LogP contribution in [0.3, 0.4) is 0 Å². The summed E-state index contributed by atoms with van der Waals surface area (Å²) in [6.45, 7) is 0.584. The van der Waals surface area contributed by atoms with Crippen molar-refractivity contribution in [2.75, 3.05) is 11.9 Å². The predicted octanol–water partition coefficient (Wildman–Crippen LogP) is 3.70. The van der Waals surface area contributed by atoms with E-state index in [1.54, 1.807) is 0 Å². The summed E-state index contributed by atoms with van der Waals surface area (Å²) in [7, 11) is 0. The van der Waals surface area contributed by atoms with Crippen molar-refractivity contribution in [1.82, 2.24) is 5.32 Å². The molecule has 4 heteroatoms. The van der Waals surface area contributed by atoms with Crippen molar-refractivity contribution in [2.45, 2.75) is 6.42 Å². The topological polar surface area (TPSA) is 41.1 Å². The molecule has 2 N–H and O–H groups in total. The second-order valence-electron chi connectivity index (χ2n) is 4.12. The Balaban J connectivity index is 1.74. The Morgan fingerprint density at radius 2 is 1.68 bits per heavy atom. The van der Waals surface area contributed by atoms with E-state index in [9.17, 15) is 4.79 Å². The van der Waals surface area contributed by atoms with Crippen LogP contribution in [0.5, 0.6) is 0 Å². The fourth-order valence-corrected chi connectivity index (χ4v) is 1.79. The Morgan fingerprint density at radius 1 is 1.00 bits per heavy atom. The monoisotopic (exact) mass is 274 g/mol. The van der Waals surface area contributed by atoms with Crippen LogP contribution in [0.1, 0.15) is 5.56 Å². The number of hydrogen-bond donors (Lipinski definition) is 2. The van der Waals surface area contributed by atoms with Gasteiger partial charge in [0.1, 0.15) is 0 Å². The number of urea groups is 1. The van der Waals surface area contributed by atoms with E-state index in [1.807, 2.05) is 54.6 Å². The quantitative estimate of drug-likeness (QED) is 0.877. The molecule has 0 radical (unpaired) electrons. The van der Waals surface area contributed by atoms with Gasteiger partial charge >= 0.3 is 6.03 Å². The number of amides is 2. The van der Waals surface area contributed by atoms with Crippen molar-refractivity contribution in [3.8, 4) is 0 Å². The molecule has 2 rings (SSSR count). The number of anilines is 1. The molecule has 19 heavy (non-hydrogen) atoms. The molecule has 0 unspecified atom stereocenters. The minimum Gasteiger partial charge on any atom is -0.338 e. The van der Waals surface area contributed by atoms with Crippen LogP contribution < -0.4 is 10.6 Å². The third-order valence-corrected chi connectivity index (χ3v) is 2.90. The average Bonchev–Trinajstić information content (AvgIpc) is 2.42. The van der Waals surface area contributed by atoms with Gasteiger partial charge in [-0.05, 0) is 36.2 Å². The lowest BCUT2D eigenvalue weighted by atomic mass is 10.1. The molecule has 2 aromatic rings. The fourth-order valence-electron chi connectivity index (χ4n) is 1.67. The Kier molecular flexibility index (Phi) is 4.81. The highest BCUT2D eigenvalue weighted by Crippen LogP contribution is 2.09. The molecule has 2 amide bonds. The number of benzene rings is 2. The smallest absolute Gasteiger partial charge is 0.319 e. The van der Waals surface area contributed by atoms with Crippen molar-refractivity contribution in [3.05, 3.63) is 65.2 Å². The summed E-state index contributed by atoms with van der Waals surface area (Å²) in [6, 6.07) is 16.8. The molecule has 0 saturated carbocycles. The highest BCUT2D eigenvalue weighted by Gasteiger charge is 2.00. The van der Waals surface area contributed by atoms with Crippen LogP contribution in [0.4, 0.5) is 10.5 Å². The maximum absolute atomic E-state index is 11.6. The minimum atomic E-state index is -0.194. The summed E-state index contributed by atoms with van der Waals surface area (Å²) < 4.78 is 0. The van der Waals surface area contributed by atoms with Gasteiger partial charge in [0, 0.05) is 17.3 Å². The van der Waals surface area contributed by atoms with Crippen molar-refractivity contribution >= 4 is 23.3 Å². The summed E-state index contributed by atoms with van der Waals surface area (Å²) in [5.41, 5.74) is 1.93. The average molecular weight is 275 g/mol. The van der Waals surface area contributed by atoms with Crippen LogP contribution in [-0.4, -0.2) is 12.6 Å².